The predicted molar refractivity (Wildman–Crippen MR) is 78.2 cm³/mol. The number of hydrogen-bond acceptors (Lipinski definition) is 4. The molecule has 2 unspecified atom stereocenters. The Bertz CT molecular complexity index is 380. The van der Waals surface area contributed by atoms with Crippen molar-refractivity contribution in [1.82, 2.24) is 0 Å². The predicted octanol–water partition coefficient (Wildman–Crippen LogP) is 4.05. The second kappa shape index (κ2) is 9.05. The Balaban J connectivity index is 2.20. The van der Waals surface area contributed by atoms with Crippen LogP contribution in [0.15, 0.2) is 24.5 Å². The highest BCUT2D eigenvalue weighted by atomic mass is 35.5. The van der Waals surface area contributed by atoms with Crippen molar-refractivity contribution in [1.29, 1.82) is 0 Å². The highest BCUT2D eigenvalue weighted by Crippen LogP contribution is 2.25. The van der Waals surface area contributed by atoms with E-state index < -0.39 is 17.6 Å². The molecule has 1 rings (SSSR count). The first-order valence-electron chi connectivity index (χ1n) is 7.13. The molecule has 1 aliphatic heterocycles. The lowest BCUT2D eigenvalue weighted by molar-refractivity contribution is -0.209. The van der Waals surface area contributed by atoms with Gasteiger partial charge in [0, 0.05) is 0 Å². The van der Waals surface area contributed by atoms with Crippen LogP contribution in [0.4, 0.5) is 4.39 Å². The van der Waals surface area contributed by atoms with Crippen LogP contribution in [0, 0.1) is 5.92 Å². The third-order valence-electron chi connectivity index (χ3n) is 2.83. The van der Waals surface area contributed by atoms with Crippen LogP contribution in [-0.4, -0.2) is 24.2 Å². The summed E-state index contributed by atoms with van der Waals surface area (Å²) in [6.45, 7) is 4.43. The summed E-state index contributed by atoms with van der Waals surface area (Å²) < 4.78 is 28.3. The lowest BCUT2D eigenvalue weighted by atomic mass is 10.1. The Morgan fingerprint density at radius 3 is 2.76 bits per heavy atom. The largest absolute Gasteiger partial charge is 0.469 e. The number of ether oxygens (including phenoxy) is 3. The molecule has 0 aromatic carbocycles. The summed E-state index contributed by atoms with van der Waals surface area (Å²) in [7, 11) is 0. The number of rotatable bonds is 9. The van der Waals surface area contributed by atoms with Gasteiger partial charge in [0.15, 0.2) is 0 Å². The zero-order valence-electron chi connectivity index (χ0n) is 12.4. The minimum Gasteiger partial charge on any atom is -0.469 e. The number of halogens is 2. The van der Waals surface area contributed by atoms with Crippen molar-refractivity contribution in [2.45, 2.75) is 51.1 Å². The van der Waals surface area contributed by atoms with Gasteiger partial charge < -0.3 is 9.47 Å². The zero-order valence-corrected chi connectivity index (χ0v) is 13.1. The maximum atomic E-state index is 13.9. The molecular formula is C15H22ClFO4. The fraction of sp³-hybridized carbons (Fsp3) is 0.667. The lowest BCUT2D eigenvalue weighted by Gasteiger charge is -2.22. The third-order valence-corrected chi connectivity index (χ3v) is 3.07. The van der Waals surface area contributed by atoms with Crippen LogP contribution in [0.3, 0.4) is 0 Å². The Hall–Kier alpha value is -1.07. The first kappa shape index (κ1) is 18.0. The number of hydrogen-bond donors (Lipinski definition) is 0. The lowest BCUT2D eigenvalue weighted by Crippen LogP contribution is -2.37. The van der Waals surface area contributed by atoms with Crippen molar-refractivity contribution in [3.05, 3.63) is 24.5 Å². The molecule has 4 nitrogen and oxygen atoms in total. The van der Waals surface area contributed by atoms with Gasteiger partial charge in [0.1, 0.15) is 0 Å². The SMILES string of the molecule is CC(C)CCCCCOC(=O)C(F)(Cl)OC1C=CC=CO1. The summed E-state index contributed by atoms with van der Waals surface area (Å²) >= 11 is 5.40. The second-order valence-electron chi connectivity index (χ2n) is 5.23. The molecule has 2 atom stereocenters. The van der Waals surface area contributed by atoms with Crippen LogP contribution in [0.5, 0.6) is 0 Å². The minimum atomic E-state index is -3.04. The van der Waals surface area contributed by atoms with E-state index in [1.807, 2.05) is 0 Å². The summed E-state index contributed by atoms with van der Waals surface area (Å²) in [6, 6.07) is 0. The molecule has 1 heterocycles. The first-order valence-corrected chi connectivity index (χ1v) is 7.51. The van der Waals surface area contributed by atoms with E-state index in [9.17, 15) is 9.18 Å². The van der Waals surface area contributed by atoms with Gasteiger partial charge in [-0.25, -0.2) is 4.79 Å². The van der Waals surface area contributed by atoms with Gasteiger partial charge in [-0.05, 0) is 36.1 Å². The molecule has 21 heavy (non-hydrogen) atoms. The topological polar surface area (TPSA) is 44.8 Å². The Morgan fingerprint density at radius 2 is 2.14 bits per heavy atom. The molecule has 0 aromatic rings. The van der Waals surface area contributed by atoms with Gasteiger partial charge in [-0.1, -0.05) is 39.2 Å². The number of allylic oxidation sites excluding steroid dienone is 2. The monoisotopic (exact) mass is 320 g/mol. The normalized spacial score (nSPS) is 20.1. The second-order valence-corrected chi connectivity index (χ2v) is 5.72. The van der Waals surface area contributed by atoms with E-state index in [0.717, 1.165) is 19.3 Å². The smallest absolute Gasteiger partial charge is 0.389 e. The van der Waals surface area contributed by atoms with E-state index in [4.69, 9.17) is 25.8 Å². The molecule has 0 spiro atoms. The van der Waals surface area contributed by atoms with Crippen LogP contribution in [0.2, 0.25) is 0 Å². The maximum absolute atomic E-state index is 13.9. The van der Waals surface area contributed by atoms with Crippen LogP contribution >= 0.6 is 11.6 Å². The van der Waals surface area contributed by atoms with Crippen LogP contribution in [0.25, 0.3) is 0 Å². The number of carbonyl (C=O) groups is 1. The van der Waals surface area contributed by atoms with Gasteiger partial charge in [-0.15, -0.1) is 0 Å². The van der Waals surface area contributed by atoms with Crippen molar-refractivity contribution in [3.63, 3.8) is 0 Å². The van der Waals surface area contributed by atoms with E-state index >= 15 is 0 Å². The molecule has 0 aliphatic carbocycles. The van der Waals surface area contributed by atoms with Crippen LogP contribution < -0.4 is 0 Å². The Kier molecular flexibility index (Phi) is 7.75. The standard InChI is InChI=1S/C15H22ClFO4/c1-12(2)8-4-3-6-11-20-14(18)15(16,17)21-13-9-5-7-10-19-13/h5,7,9-10,12-13H,3-4,6,8,11H2,1-2H3. The molecule has 0 fully saturated rings. The molecule has 6 heteroatoms. The number of unbranched alkanes of at least 4 members (excludes halogenated alkanes) is 2. The average Bonchev–Trinajstić information content (AvgIpc) is 2.42. The highest BCUT2D eigenvalue weighted by Gasteiger charge is 2.42. The molecule has 1 aliphatic rings. The summed E-state index contributed by atoms with van der Waals surface area (Å²) in [4.78, 5) is 11.5. The average molecular weight is 321 g/mol. The van der Waals surface area contributed by atoms with Crippen LogP contribution in [0.1, 0.15) is 39.5 Å². The molecule has 0 amide bonds. The fourth-order valence-electron chi connectivity index (χ4n) is 1.71. The van der Waals surface area contributed by atoms with Gasteiger partial charge in [-0.3, -0.25) is 4.74 Å². The van der Waals surface area contributed by atoms with E-state index in [2.05, 4.69) is 13.8 Å². The Labute approximate surface area is 129 Å². The van der Waals surface area contributed by atoms with E-state index in [0.29, 0.717) is 12.3 Å². The van der Waals surface area contributed by atoms with E-state index in [-0.39, 0.29) is 6.61 Å². The van der Waals surface area contributed by atoms with Gasteiger partial charge in [0.05, 0.1) is 12.9 Å². The molecule has 0 aromatic heterocycles. The van der Waals surface area contributed by atoms with Crippen molar-refractivity contribution in [2.75, 3.05) is 6.61 Å². The molecule has 0 saturated heterocycles. The summed E-state index contributed by atoms with van der Waals surface area (Å²) in [5.74, 6) is -0.598. The number of alkyl halides is 2. The Morgan fingerprint density at radius 1 is 1.38 bits per heavy atom. The third kappa shape index (κ3) is 7.48. The van der Waals surface area contributed by atoms with Gasteiger partial charge in [0.25, 0.3) is 0 Å². The van der Waals surface area contributed by atoms with E-state index in [1.165, 1.54) is 12.3 Å². The van der Waals surface area contributed by atoms with Gasteiger partial charge in [0.2, 0.25) is 6.29 Å². The molecular weight excluding hydrogens is 299 g/mol. The summed E-state index contributed by atoms with van der Waals surface area (Å²) in [5, 5.41) is -3.04. The van der Waals surface area contributed by atoms with Crippen LogP contribution in [-0.2, 0) is 19.0 Å². The zero-order chi connectivity index (χ0) is 15.7. The van der Waals surface area contributed by atoms with Crippen molar-refractivity contribution < 1.29 is 23.4 Å². The molecule has 0 saturated carbocycles. The first-order chi connectivity index (χ1) is 9.92. The maximum Gasteiger partial charge on any atom is 0.389 e. The van der Waals surface area contributed by atoms with E-state index in [1.54, 1.807) is 12.2 Å². The van der Waals surface area contributed by atoms with Crippen molar-refractivity contribution >= 4 is 17.6 Å². The molecule has 0 N–H and O–H groups in total. The fourth-order valence-corrected chi connectivity index (χ4v) is 1.85. The summed E-state index contributed by atoms with van der Waals surface area (Å²) in [5.41, 5.74) is 0. The molecule has 0 radical (unpaired) electrons. The minimum absolute atomic E-state index is 0.125. The summed E-state index contributed by atoms with van der Waals surface area (Å²) in [6.07, 6.45) is 8.68. The quantitative estimate of drug-likeness (QED) is 0.365. The van der Waals surface area contributed by atoms with Crippen molar-refractivity contribution in [3.8, 4) is 0 Å². The number of esters is 1. The van der Waals surface area contributed by atoms with Gasteiger partial charge in [-0.2, -0.15) is 4.39 Å². The van der Waals surface area contributed by atoms with Crippen molar-refractivity contribution in [2.24, 2.45) is 5.92 Å². The highest BCUT2D eigenvalue weighted by molar-refractivity contribution is 6.31. The van der Waals surface area contributed by atoms with Gasteiger partial charge >= 0.3 is 11.3 Å². The molecule has 120 valence electrons. The number of carbonyl (C=O) groups excluding carboxylic acids is 1. The molecule has 0 bridgehead atoms.